The highest BCUT2D eigenvalue weighted by Gasteiger charge is 2.50. The Bertz CT molecular complexity index is 347. The Kier molecular flexibility index (Phi) is 2.58. The number of amidine groups is 1. The summed E-state index contributed by atoms with van der Waals surface area (Å²) in [7, 11) is 0. The molecule has 0 aromatic carbocycles. The van der Waals surface area contributed by atoms with Crippen LogP contribution in [0.3, 0.4) is 0 Å². The molecule has 82 valence electrons. The van der Waals surface area contributed by atoms with Crippen molar-refractivity contribution in [3.05, 3.63) is 0 Å². The number of carbonyl (C=O) groups excluding carboxylic acids is 2. The minimum absolute atomic E-state index is 0.0486. The van der Waals surface area contributed by atoms with E-state index >= 15 is 0 Å². The number of hydrogen-bond acceptors (Lipinski definition) is 3. The number of thioether (sulfide) groups is 1. The predicted octanol–water partition coefficient (Wildman–Crippen LogP) is 1.26. The lowest BCUT2D eigenvalue weighted by Gasteiger charge is -2.34. The molecule has 2 aliphatic heterocycles. The number of fused-ring (bicyclic) bond motifs is 1. The number of hydrogen-bond donors (Lipinski definition) is 0. The van der Waals surface area contributed by atoms with Gasteiger partial charge in [-0.05, 0) is 12.8 Å². The molecule has 2 heterocycles. The summed E-state index contributed by atoms with van der Waals surface area (Å²) in [5, 5.41) is 0.600. The van der Waals surface area contributed by atoms with Crippen molar-refractivity contribution in [1.29, 1.82) is 0 Å². The Morgan fingerprint density at radius 3 is 2.67 bits per heavy atom. The second-order valence-corrected chi connectivity index (χ2v) is 4.86. The van der Waals surface area contributed by atoms with Crippen LogP contribution in [0, 0.1) is 5.41 Å². The van der Waals surface area contributed by atoms with E-state index in [2.05, 4.69) is 4.99 Å². The van der Waals surface area contributed by atoms with Gasteiger partial charge in [0.1, 0.15) is 5.41 Å². The van der Waals surface area contributed by atoms with E-state index in [4.69, 9.17) is 0 Å². The molecule has 0 aromatic heterocycles. The van der Waals surface area contributed by atoms with Crippen LogP contribution < -0.4 is 0 Å². The van der Waals surface area contributed by atoms with Gasteiger partial charge in [-0.3, -0.25) is 14.5 Å². The van der Waals surface area contributed by atoms with E-state index in [1.165, 1.54) is 11.8 Å². The first-order valence-corrected chi connectivity index (χ1v) is 6.22. The van der Waals surface area contributed by atoms with Crippen molar-refractivity contribution in [2.24, 2.45) is 10.4 Å². The predicted molar refractivity (Wildman–Crippen MR) is 59.6 cm³/mol. The van der Waals surface area contributed by atoms with Gasteiger partial charge >= 0.3 is 0 Å². The largest absolute Gasteiger partial charge is 0.289 e. The van der Waals surface area contributed by atoms with Gasteiger partial charge in [-0.15, -0.1) is 0 Å². The molecule has 0 aromatic rings. The van der Waals surface area contributed by atoms with Crippen molar-refractivity contribution < 1.29 is 9.59 Å². The molecule has 2 aliphatic rings. The highest BCUT2D eigenvalue weighted by atomic mass is 32.2. The Morgan fingerprint density at radius 1 is 1.40 bits per heavy atom. The maximum atomic E-state index is 12.2. The normalized spacial score (nSPS) is 24.1. The molecule has 0 bridgehead atoms. The summed E-state index contributed by atoms with van der Waals surface area (Å²) in [6.45, 7) is 4.45. The fourth-order valence-corrected chi connectivity index (χ4v) is 3.02. The van der Waals surface area contributed by atoms with Crippen molar-refractivity contribution in [1.82, 2.24) is 4.90 Å². The van der Waals surface area contributed by atoms with E-state index < -0.39 is 5.41 Å². The molecule has 5 heteroatoms. The van der Waals surface area contributed by atoms with E-state index in [9.17, 15) is 9.59 Å². The molecule has 1 fully saturated rings. The average Bonchev–Trinajstić information content (AvgIpc) is 2.68. The van der Waals surface area contributed by atoms with Crippen molar-refractivity contribution in [2.75, 3.05) is 12.3 Å². The molecule has 1 saturated heterocycles. The van der Waals surface area contributed by atoms with Crippen molar-refractivity contribution in [3.8, 4) is 0 Å². The molecule has 15 heavy (non-hydrogen) atoms. The molecule has 0 N–H and O–H groups in total. The summed E-state index contributed by atoms with van der Waals surface area (Å²) in [6.07, 6.45) is 1.08. The lowest BCUT2D eigenvalue weighted by atomic mass is 9.79. The maximum Gasteiger partial charge on any atom is 0.263 e. The summed E-state index contributed by atoms with van der Waals surface area (Å²) in [4.78, 5) is 29.8. The van der Waals surface area contributed by atoms with Gasteiger partial charge in [0, 0.05) is 12.3 Å². The van der Waals surface area contributed by atoms with E-state index in [1.807, 2.05) is 13.8 Å². The van der Waals surface area contributed by atoms with Crippen LogP contribution in [-0.2, 0) is 9.59 Å². The van der Waals surface area contributed by atoms with Crippen LogP contribution >= 0.6 is 11.8 Å². The number of amides is 2. The minimum Gasteiger partial charge on any atom is -0.289 e. The van der Waals surface area contributed by atoms with Crippen LogP contribution in [0.15, 0.2) is 4.99 Å². The molecule has 0 radical (unpaired) electrons. The van der Waals surface area contributed by atoms with E-state index in [0.717, 1.165) is 5.75 Å². The second kappa shape index (κ2) is 3.63. The van der Waals surface area contributed by atoms with Crippen LogP contribution in [0.4, 0.5) is 0 Å². The highest BCUT2D eigenvalue weighted by molar-refractivity contribution is 8.14. The molecule has 2 amide bonds. The standard InChI is InChI=1S/C10H14N2O2S/c1-3-10(4-2)7(13)11-9-12(8(10)14)5-6-15-9/h3-6H2,1-2H3. The van der Waals surface area contributed by atoms with Gasteiger partial charge in [-0.2, -0.15) is 4.99 Å². The van der Waals surface area contributed by atoms with Crippen LogP contribution in [0.1, 0.15) is 26.7 Å². The van der Waals surface area contributed by atoms with Gasteiger partial charge in [0.05, 0.1) is 0 Å². The van der Waals surface area contributed by atoms with Crippen LogP contribution in [0.25, 0.3) is 0 Å². The fourth-order valence-electron chi connectivity index (χ4n) is 2.08. The molecular formula is C10H14N2O2S. The third kappa shape index (κ3) is 1.33. The van der Waals surface area contributed by atoms with E-state index in [-0.39, 0.29) is 11.8 Å². The number of aliphatic imine (C=N–C) groups is 1. The molecule has 0 spiro atoms. The van der Waals surface area contributed by atoms with Gasteiger partial charge in [0.15, 0.2) is 5.17 Å². The molecular weight excluding hydrogens is 212 g/mol. The van der Waals surface area contributed by atoms with Gasteiger partial charge < -0.3 is 0 Å². The number of nitrogens with zero attached hydrogens (tertiary/aromatic N) is 2. The zero-order chi connectivity index (χ0) is 11.1. The smallest absolute Gasteiger partial charge is 0.263 e. The van der Waals surface area contributed by atoms with E-state index in [0.29, 0.717) is 24.6 Å². The topological polar surface area (TPSA) is 49.7 Å². The number of rotatable bonds is 2. The molecule has 4 nitrogen and oxygen atoms in total. The summed E-state index contributed by atoms with van der Waals surface area (Å²) in [6, 6.07) is 0. The van der Waals surface area contributed by atoms with E-state index in [1.54, 1.807) is 4.90 Å². The number of carbonyl (C=O) groups is 2. The Morgan fingerprint density at radius 2 is 2.07 bits per heavy atom. The van der Waals surface area contributed by atoms with Gasteiger partial charge in [0.2, 0.25) is 5.91 Å². The molecule has 0 aliphatic carbocycles. The van der Waals surface area contributed by atoms with Crippen LogP contribution in [-0.4, -0.2) is 34.2 Å². The van der Waals surface area contributed by atoms with Gasteiger partial charge in [-0.1, -0.05) is 25.6 Å². The Labute approximate surface area is 93.1 Å². The SMILES string of the molecule is CCC1(CC)C(=O)N=C2SCCN2C1=O. The zero-order valence-corrected chi connectivity index (χ0v) is 9.76. The summed E-state index contributed by atoms with van der Waals surface area (Å²) < 4.78 is 0. The van der Waals surface area contributed by atoms with Gasteiger partial charge in [-0.25, -0.2) is 0 Å². The summed E-state index contributed by atoms with van der Waals surface area (Å²) >= 11 is 1.49. The van der Waals surface area contributed by atoms with Crippen molar-refractivity contribution in [3.63, 3.8) is 0 Å². The Balaban J connectivity index is 2.45. The third-order valence-corrected chi connectivity index (χ3v) is 4.20. The first kappa shape index (κ1) is 10.7. The first-order valence-electron chi connectivity index (χ1n) is 5.23. The highest BCUT2D eigenvalue weighted by Crippen LogP contribution is 2.37. The summed E-state index contributed by atoms with van der Waals surface area (Å²) in [5.74, 6) is 0.548. The Hall–Kier alpha value is -0.840. The maximum absolute atomic E-state index is 12.2. The molecule has 0 unspecified atom stereocenters. The average molecular weight is 226 g/mol. The lowest BCUT2D eigenvalue weighted by Crippen LogP contribution is -2.51. The lowest BCUT2D eigenvalue weighted by molar-refractivity contribution is -0.148. The third-order valence-electron chi connectivity index (χ3n) is 3.25. The van der Waals surface area contributed by atoms with Crippen LogP contribution in [0.2, 0.25) is 0 Å². The monoisotopic (exact) mass is 226 g/mol. The quantitative estimate of drug-likeness (QED) is 0.666. The molecule has 0 saturated carbocycles. The van der Waals surface area contributed by atoms with Crippen LogP contribution in [0.5, 0.6) is 0 Å². The molecule has 0 atom stereocenters. The van der Waals surface area contributed by atoms with Crippen molar-refractivity contribution in [2.45, 2.75) is 26.7 Å². The first-order chi connectivity index (χ1) is 7.15. The molecule has 2 rings (SSSR count). The fraction of sp³-hybridized carbons (Fsp3) is 0.700. The summed E-state index contributed by atoms with van der Waals surface area (Å²) in [5.41, 5.74) is -0.881. The van der Waals surface area contributed by atoms with Gasteiger partial charge in [0.25, 0.3) is 5.91 Å². The zero-order valence-electron chi connectivity index (χ0n) is 8.95. The van der Waals surface area contributed by atoms with Crippen molar-refractivity contribution >= 4 is 28.7 Å². The minimum atomic E-state index is -0.881. The second-order valence-electron chi connectivity index (χ2n) is 3.79.